The van der Waals surface area contributed by atoms with Crippen LogP contribution in [0, 0.1) is 0 Å². The monoisotopic (exact) mass is 935 g/mol. The smallest absolute Gasteiger partial charge is 0.306 e. The van der Waals surface area contributed by atoms with E-state index < -0.39 is 5.60 Å². The van der Waals surface area contributed by atoms with Crippen molar-refractivity contribution in [3.63, 3.8) is 0 Å². The van der Waals surface area contributed by atoms with E-state index in [1.165, 1.54) is 24.2 Å². The van der Waals surface area contributed by atoms with Gasteiger partial charge in [-0.1, -0.05) is 35.3 Å². The van der Waals surface area contributed by atoms with E-state index in [0.29, 0.717) is 144 Å². The molecule has 3 aromatic rings. The molecule has 2 amide bonds. The second kappa shape index (κ2) is 26.5. The normalized spacial score (nSPS) is 13.9. The summed E-state index contributed by atoms with van der Waals surface area (Å²) >= 11 is 14.7. The maximum atomic E-state index is 13.9. The molecule has 17 heteroatoms. The van der Waals surface area contributed by atoms with Crippen LogP contribution in [0.5, 0.6) is 11.5 Å². The lowest BCUT2D eigenvalue weighted by atomic mass is 10.1. The first kappa shape index (κ1) is 50.5. The highest BCUT2D eigenvalue weighted by atomic mass is 35.5. The van der Waals surface area contributed by atoms with E-state index in [9.17, 15) is 14.4 Å². The molecular formula is C46H63Cl2N3O11S. The Hall–Kier alpha value is -3.51. The Morgan fingerprint density at radius 2 is 1.32 bits per heavy atom. The molecule has 1 aliphatic heterocycles. The Morgan fingerprint density at radius 3 is 1.92 bits per heavy atom. The average Bonchev–Trinajstić information content (AvgIpc) is 4.00. The van der Waals surface area contributed by atoms with Crippen LogP contribution >= 0.6 is 34.5 Å². The fourth-order valence-electron chi connectivity index (χ4n) is 6.65. The molecule has 0 bridgehead atoms. The van der Waals surface area contributed by atoms with Gasteiger partial charge in [-0.05, 0) is 81.7 Å². The number of amides is 2. The number of carbonyl (C=O) groups excluding carboxylic acids is 3. The fraction of sp³-hybridized carbons (Fsp3) is 0.587. The van der Waals surface area contributed by atoms with Crippen LogP contribution in [0.25, 0.3) is 0 Å². The number of rotatable bonds is 29. The number of para-hydroxylation sites is 2. The molecule has 0 atom stereocenters. The van der Waals surface area contributed by atoms with Crippen LogP contribution in [0.1, 0.15) is 68.1 Å². The zero-order valence-electron chi connectivity index (χ0n) is 37.0. The van der Waals surface area contributed by atoms with Gasteiger partial charge in [-0.2, -0.15) is 0 Å². The molecule has 1 aliphatic carbocycles. The van der Waals surface area contributed by atoms with Gasteiger partial charge in [-0.3, -0.25) is 14.4 Å². The molecule has 2 heterocycles. The maximum absolute atomic E-state index is 13.9. The number of fused-ring (bicyclic) bond motifs is 1. The molecule has 1 fully saturated rings. The Bertz CT molecular complexity index is 1890. The Morgan fingerprint density at radius 1 is 0.730 bits per heavy atom. The highest BCUT2D eigenvalue weighted by Crippen LogP contribution is 2.42. The summed E-state index contributed by atoms with van der Waals surface area (Å²) in [6.07, 6.45) is 3.96. The van der Waals surface area contributed by atoms with Crippen LogP contribution in [0.15, 0.2) is 47.8 Å². The van der Waals surface area contributed by atoms with Gasteiger partial charge in [0, 0.05) is 63.3 Å². The van der Waals surface area contributed by atoms with Crippen LogP contribution in [0.3, 0.4) is 0 Å². The van der Waals surface area contributed by atoms with Gasteiger partial charge < -0.3 is 52.6 Å². The molecule has 14 nitrogen and oxygen atoms in total. The molecule has 0 spiro atoms. The summed E-state index contributed by atoms with van der Waals surface area (Å²) in [6, 6.07) is 13.7. The van der Waals surface area contributed by atoms with E-state index in [0.717, 1.165) is 23.5 Å². The number of anilines is 2. The largest absolute Gasteiger partial charge is 0.460 e. The van der Waals surface area contributed by atoms with E-state index in [4.69, 9.17) is 61.1 Å². The van der Waals surface area contributed by atoms with Crippen molar-refractivity contribution in [1.82, 2.24) is 4.90 Å². The molecule has 1 aromatic heterocycles. The van der Waals surface area contributed by atoms with E-state index in [1.54, 1.807) is 30.1 Å². The molecule has 0 radical (unpaired) electrons. The summed E-state index contributed by atoms with van der Waals surface area (Å²) in [7, 11) is 1.74. The summed E-state index contributed by atoms with van der Waals surface area (Å²) in [4.78, 5) is 44.8. The minimum Gasteiger partial charge on any atom is -0.460 e. The first-order chi connectivity index (χ1) is 30.4. The van der Waals surface area contributed by atoms with E-state index in [2.05, 4.69) is 11.0 Å². The van der Waals surface area contributed by atoms with Gasteiger partial charge in [0.25, 0.3) is 5.91 Å². The van der Waals surface area contributed by atoms with Crippen molar-refractivity contribution in [3.05, 3.63) is 68.3 Å². The number of halogens is 2. The van der Waals surface area contributed by atoms with Crippen molar-refractivity contribution in [3.8, 4) is 11.5 Å². The molecule has 0 saturated heterocycles. The Kier molecular flexibility index (Phi) is 21.2. The van der Waals surface area contributed by atoms with Crippen molar-refractivity contribution in [2.45, 2.75) is 70.9 Å². The molecule has 0 N–H and O–H groups in total. The van der Waals surface area contributed by atoms with Crippen LogP contribution in [0.4, 0.5) is 11.4 Å². The van der Waals surface area contributed by atoms with E-state index in [1.807, 2.05) is 49.3 Å². The third kappa shape index (κ3) is 17.4. The van der Waals surface area contributed by atoms with Crippen LogP contribution < -0.4 is 14.5 Å². The summed E-state index contributed by atoms with van der Waals surface area (Å²) in [5.41, 5.74) is 2.26. The predicted molar refractivity (Wildman–Crippen MR) is 245 cm³/mol. The zero-order valence-corrected chi connectivity index (χ0v) is 39.4. The molecule has 63 heavy (non-hydrogen) atoms. The first-order valence-electron chi connectivity index (χ1n) is 21.7. The minimum absolute atomic E-state index is 0.0492. The van der Waals surface area contributed by atoms with Gasteiger partial charge in [-0.25, -0.2) is 0 Å². The molecule has 2 aliphatic rings. The molecule has 1 saturated carbocycles. The van der Waals surface area contributed by atoms with Gasteiger partial charge in [0.15, 0.2) is 5.75 Å². The van der Waals surface area contributed by atoms with Gasteiger partial charge in [-0.15, -0.1) is 11.3 Å². The number of carbonyl (C=O) groups is 3. The Balaban J connectivity index is 0.863. The topological polar surface area (TPSA) is 135 Å². The van der Waals surface area contributed by atoms with Gasteiger partial charge >= 0.3 is 5.97 Å². The van der Waals surface area contributed by atoms with Crippen molar-refractivity contribution in [1.29, 1.82) is 0 Å². The van der Waals surface area contributed by atoms with Crippen LogP contribution in [-0.2, 0) is 49.2 Å². The van der Waals surface area contributed by atoms with Gasteiger partial charge in [0.05, 0.1) is 89.1 Å². The zero-order chi connectivity index (χ0) is 45.0. The summed E-state index contributed by atoms with van der Waals surface area (Å²) in [6.45, 7) is 12.7. The fourth-order valence-corrected chi connectivity index (χ4v) is 7.88. The third-order valence-electron chi connectivity index (χ3n) is 9.98. The molecule has 2 aromatic carbocycles. The number of hydrogen-bond acceptors (Lipinski definition) is 13. The lowest BCUT2D eigenvalue weighted by molar-refractivity contribution is -0.155. The lowest BCUT2D eigenvalue weighted by Gasteiger charge is -2.37. The maximum Gasteiger partial charge on any atom is 0.306 e. The van der Waals surface area contributed by atoms with Crippen LogP contribution in [-0.4, -0.2) is 140 Å². The predicted octanol–water partition coefficient (Wildman–Crippen LogP) is 8.09. The van der Waals surface area contributed by atoms with Crippen molar-refractivity contribution in [2.75, 3.05) is 116 Å². The molecule has 5 rings (SSSR count). The highest BCUT2D eigenvalue weighted by Gasteiger charge is 2.36. The molecule has 348 valence electrons. The highest BCUT2D eigenvalue weighted by molar-refractivity contribution is 7.12. The first-order valence-corrected chi connectivity index (χ1v) is 23.4. The second-order valence-corrected chi connectivity index (χ2v) is 17.9. The number of esters is 1. The second-order valence-electron chi connectivity index (χ2n) is 16.1. The van der Waals surface area contributed by atoms with Gasteiger partial charge in [0.2, 0.25) is 5.91 Å². The number of benzene rings is 2. The van der Waals surface area contributed by atoms with E-state index in [-0.39, 0.29) is 24.2 Å². The summed E-state index contributed by atoms with van der Waals surface area (Å²) in [5, 5.41) is 2.59. The van der Waals surface area contributed by atoms with Crippen molar-refractivity contribution in [2.24, 2.45) is 0 Å². The summed E-state index contributed by atoms with van der Waals surface area (Å²) in [5.74, 6) is 0.371. The minimum atomic E-state index is -0.465. The number of thiophene rings is 1. The molecular weight excluding hydrogens is 873 g/mol. The third-order valence-corrected chi connectivity index (χ3v) is 11.5. The number of likely N-dealkylation sites (N-methyl/N-ethyl adjacent to an activating group) is 1. The lowest BCUT2D eigenvalue weighted by Crippen LogP contribution is -2.44. The number of ether oxygens (including phenoxy) is 8. The molecule has 0 unspecified atom stereocenters. The standard InChI is InChI=1S/C46H63Cl2N3O11S/c1-46(2,3)62-43(53)10-7-19-55-21-23-57-25-27-59-29-30-60-28-26-58-24-22-56-20-18-49(4)42(52)14-11-34-32-37(48)41(33-36(34)47)61-40-15-31-63-44(40)45(54)51-17-16-50(35-12-13-35)38-8-5-6-9-39(38)51/h5-6,8-9,15,31-33,35H,7,10-14,16-30H2,1-4H3. The van der Waals surface area contributed by atoms with E-state index >= 15 is 0 Å². The van der Waals surface area contributed by atoms with Gasteiger partial charge in [0.1, 0.15) is 16.2 Å². The number of aryl methyl sites for hydroxylation is 1. The average molecular weight is 937 g/mol. The van der Waals surface area contributed by atoms with Crippen LogP contribution in [0.2, 0.25) is 10.0 Å². The SMILES string of the molecule is CN(CCOCCOCCOCCOCCOCCOCCCC(=O)OC(C)(C)C)C(=O)CCc1cc(Cl)c(Oc2ccsc2C(=O)N2CCN(C3CC3)c3ccccc32)cc1Cl. The number of nitrogens with zero attached hydrogens (tertiary/aromatic N) is 3. The Labute approximate surface area is 385 Å². The number of hydrogen-bond donors (Lipinski definition) is 0. The summed E-state index contributed by atoms with van der Waals surface area (Å²) < 4.78 is 44.7. The quantitative estimate of drug-likeness (QED) is 0.0492. The van der Waals surface area contributed by atoms with Crippen molar-refractivity contribution >= 4 is 63.7 Å². The van der Waals surface area contributed by atoms with Crippen molar-refractivity contribution < 1.29 is 52.3 Å².